The molecule has 0 aromatic rings. The Labute approximate surface area is 73.5 Å². The van der Waals surface area contributed by atoms with Crippen LogP contribution in [-0.4, -0.2) is 67.6 Å². The molecule has 0 aromatic heterocycles. The molecule has 0 aliphatic rings. The number of hydrogen-bond donors (Lipinski definition) is 6. The van der Waals surface area contributed by atoms with Crippen LogP contribution in [0.2, 0.25) is 0 Å². The summed E-state index contributed by atoms with van der Waals surface area (Å²) in [5.41, 5.74) is 0. The van der Waals surface area contributed by atoms with Gasteiger partial charge >= 0.3 is 5.97 Å². The zero-order valence-corrected chi connectivity index (χ0v) is 6.61. The molecule has 7 heteroatoms. The summed E-state index contributed by atoms with van der Waals surface area (Å²) in [6, 6.07) is 0. The van der Waals surface area contributed by atoms with Gasteiger partial charge in [0, 0.05) is 0 Å². The van der Waals surface area contributed by atoms with Gasteiger partial charge in [-0.2, -0.15) is 0 Å². The van der Waals surface area contributed by atoms with Gasteiger partial charge in [0.1, 0.15) is 18.3 Å². The van der Waals surface area contributed by atoms with Crippen LogP contribution in [0.3, 0.4) is 0 Å². The minimum atomic E-state index is -2.20. The lowest BCUT2D eigenvalue weighted by atomic mass is 10.0. The Bertz CT molecular complexity index is 170. The topological polar surface area (TPSA) is 138 Å². The van der Waals surface area contributed by atoms with Crippen LogP contribution in [0.25, 0.3) is 0 Å². The highest BCUT2D eigenvalue weighted by atomic mass is 16.4. The Hall–Kier alpha value is -0.730. The third-order valence-corrected chi connectivity index (χ3v) is 1.51. The molecule has 2 unspecified atom stereocenters. The summed E-state index contributed by atoms with van der Waals surface area (Å²) in [7, 11) is 0. The largest absolute Gasteiger partial charge is 0.479 e. The van der Waals surface area contributed by atoms with E-state index in [0.717, 1.165) is 0 Å². The lowest BCUT2D eigenvalue weighted by Crippen LogP contribution is -2.48. The van der Waals surface area contributed by atoms with Gasteiger partial charge in [0.25, 0.3) is 0 Å². The van der Waals surface area contributed by atoms with E-state index in [4.69, 9.17) is 30.6 Å². The first kappa shape index (κ1) is 12.3. The molecule has 0 spiro atoms. The molecular weight excluding hydrogens is 184 g/mol. The molecule has 0 amide bonds. The van der Waals surface area contributed by atoms with Crippen LogP contribution in [0.15, 0.2) is 0 Å². The smallest absolute Gasteiger partial charge is 0.335 e. The first-order chi connectivity index (χ1) is 5.91. The van der Waals surface area contributed by atoms with Crippen molar-refractivity contribution in [3.05, 3.63) is 0 Å². The lowest BCUT2D eigenvalue weighted by Gasteiger charge is -2.23. The molecule has 0 heterocycles. The summed E-state index contributed by atoms with van der Waals surface area (Å²) < 4.78 is 0. The van der Waals surface area contributed by atoms with Gasteiger partial charge in [-0.25, -0.2) is 4.79 Å². The number of hydrogen-bond acceptors (Lipinski definition) is 6. The zero-order valence-electron chi connectivity index (χ0n) is 6.61. The molecule has 0 radical (unpaired) electrons. The molecule has 6 N–H and O–H groups in total. The fourth-order valence-corrected chi connectivity index (χ4v) is 0.668. The van der Waals surface area contributed by atoms with Crippen molar-refractivity contribution in [3.63, 3.8) is 0 Å². The van der Waals surface area contributed by atoms with Crippen LogP contribution in [0.4, 0.5) is 0 Å². The first-order valence-electron chi connectivity index (χ1n) is 3.47. The quantitative estimate of drug-likeness (QED) is 0.268. The average molecular weight is 196 g/mol. The van der Waals surface area contributed by atoms with E-state index < -0.39 is 37.0 Å². The molecule has 0 saturated heterocycles. The van der Waals surface area contributed by atoms with Crippen molar-refractivity contribution in [3.8, 4) is 0 Å². The minimum Gasteiger partial charge on any atom is -0.479 e. The predicted molar refractivity (Wildman–Crippen MR) is 38.7 cm³/mol. The van der Waals surface area contributed by atoms with Gasteiger partial charge in [-0.05, 0) is 0 Å². The molecule has 0 aliphatic carbocycles. The Kier molecular flexibility index (Phi) is 4.81. The van der Waals surface area contributed by atoms with Gasteiger partial charge in [-0.1, -0.05) is 0 Å². The fourth-order valence-electron chi connectivity index (χ4n) is 0.668. The van der Waals surface area contributed by atoms with Gasteiger partial charge in [0.2, 0.25) is 0 Å². The third kappa shape index (κ3) is 3.25. The predicted octanol–water partition coefficient (Wildman–Crippen LogP) is -3.49. The summed E-state index contributed by atoms with van der Waals surface area (Å²) in [4.78, 5) is 10.1. The molecule has 0 fully saturated rings. The van der Waals surface area contributed by atoms with Gasteiger partial charge in [-0.3, -0.25) is 0 Å². The van der Waals surface area contributed by atoms with Crippen LogP contribution >= 0.6 is 0 Å². The maximum Gasteiger partial charge on any atom is 0.335 e. The molecule has 0 bridgehead atoms. The van der Waals surface area contributed by atoms with Gasteiger partial charge < -0.3 is 30.6 Å². The van der Waals surface area contributed by atoms with Crippen molar-refractivity contribution >= 4 is 5.97 Å². The molecule has 0 saturated carbocycles. The number of carboxylic acids is 1. The first-order valence-corrected chi connectivity index (χ1v) is 3.47. The molecule has 0 aliphatic heterocycles. The lowest BCUT2D eigenvalue weighted by molar-refractivity contribution is -0.164. The monoisotopic (exact) mass is 196 g/mol. The molecule has 4 atom stereocenters. The third-order valence-electron chi connectivity index (χ3n) is 1.51. The van der Waals surface area contributed by atoms with Crippen LogP contribution in [0.1, 0.15) is 0 Å². The van der Waals surface area contributed by atoms with Crippen LogP contribution in [0, 0.1) is 0 Å². The molecular formula is C6H12O7. The average Bonchev–Trinajstić information content (AvgIpc) is 2.12. The van der Waals surface area contributed by atoms with Crippen molar-refractivity contribution in [1.29, 1.82) is 0 Å². The van der Waals surface area contributed by atoms with Crippen LogP contribution < -0.4 is 0 Å². The van der Waals surface area contributed by atoms with Crippen molar-refractivity contribution in [2.24, 2.45) is 0 Å². The number of carbonyl (C=O) groups is 1. The summed E-state index contributed by atoms with van der Waals surface area (Å²) in [5, 5.41) is 51.8. The molecule has 78 valence electrons. The van der Waals surface area contributed by atoms with E-state index in [1.54, 1.807) is 0 Å². The fraction of sp³-hybridized carbons (Fsp3) is 0.833. The maximum absolute atomic E-state index is 10.1. The Balaban J connectivity index is 4.24. The van der Waals surface area contributed by atoms with Crippen molar-refractivity contribution in [2.75, 3.05) is 6.61 Å². The Morgan fingerprint density at radius 2 is 1.54 bits per heavy atom. The van der Waals surface area contributed by atoms with Crippen LogP contribution in [0.5, 0.6) is 0 Å². The van der Waals surface area contributed by atoms with E-state index in [1.807, 2.05) is 0 Å². The van der Waals surface area contributed by atoms with E-state index in [1.165, 1.54) is 0 Å². The molecule has 7 nitrogen and oxygen atoms in total. The van der Waals surface area contributed by atoms with Gasteiger partial charge in [0.05, 0.1) is 6.61 Å². The van der Waals surface area contributed by atoms with Crippen molar-refractivity contribution < 1.29 is 35.4 Å². The number of aliphatic carboxylic acids is 1. The SMILES string of the molecule is O=C(O)[C@@H](O)C(O)[C@H](O)C(O)CO. The van der Waals surface area contributed by atoms with Gasteiger partial charge in [0.15, 0.2) is 6.10 Å². The Morgan fingerprint density at radius 3 is 1.85 bits per heavy atom. The number of rotatable bonds is 5. The number of carboxylic acid groups (broad SMARTS) is 1. The summed E-state index contributed by atoms with van der Waals surface area (Å²) in [5.74, 6) is -1.73. The normalized spacial score (nSPS) is 20.4. The number of aliphatic hydroxyl groups excluding tert-OH is 5. The van der Waals surface area contributed by atoms with Crippen molar-refractivity contribution in [2.45, 2.75) is 24.4 Å². The van der Waals surface area contributed by atoms with Gasteiger partial charge in [-0.15, -0.1) is 0 Å². The van der Waals surface area contributed by atoms with E-state index in [-0.39, 0.29) is 0 Å². The highest BCUT2D eigenvalue weighted by Gasteiger charge is 2.33. The second kappa shape index (κ2) is 5.10. The van der Waals surface area contributed by atoms with E-state index in [0.29, 0.717) is 0 Å². The summed E-state index contributed by atoms with van der Waals surface area (Å²) >= 11 is 0. The van der Waals surface area contributed by atoms with E-state index in [2.05, 4.69) is 0 Å². The second-order valence-corrected chi connectivity index (χ2v) is 2.51. The molecule has 13 heavy (non-hydrogen) atoms. The summed E-state index contributed by atoms with van der Waals surface area (Å²) in [6.07, 6.45) is -7.84. The zero-order chi connectivity index (χ0) is 10.6. The van der Waals surface area contributed by atoms with Crippen molar-refractivity contribution in [1.82, 2.24) is 0 Å². The summed E-state index contributed by atoms with van der Waals surface area (Å²) in [6.45, 7) is -0.843. The number of aliphatic hydroxyl groups is 5. The molecule has 0 rings (SSSR count). The second-order valence-electron chi connectivity index (χ2n) is 2.51. The van der Waals surface area contributed by atoms with Crippen LogP contribution in [-0.2, 0) is 4.79 Å². The highest BCUT2D eigenvalue weighted by molar-refractivity contribution is 5.72. The maximum atomic E-state index is 10.1. The van der Waals surface area contributed by atoms with E-state index >= 15 is 0 Å². The standard InChI is InChI=1S/C6H12O7/c7-1-2(8)3(9)4(10)5(11)6(12)13/h2-5,7-11H,1H2,(H,12,13)/t2?,3-,4?,5+/m1/s1. The Morgan fingerprint density at radius 1 is 1.08 bits per heavy atom. The molecule has 0 aromatic carbocycles. The van der Waals surface area contributed by atoms with E-state index in [9.17, 15) is 4.79 Å². The minimum absolute atomic E-state index is 0.843. The highest BCUT2D eigenvalue weighted by Crippen LogP contribution is 2.04.